The van der Waals surface area contributed by atoms with Crippen molar-refractivity contribution in [2.24, 2.45) is 0 Å². The van der Waals surface area contributed by atoms with Crippen LogP contribution in [-0.4, -0.2) is 25.8 Å². The number of thiophene rings is 1. The Labute approximate surface area is 87.9 Å². The number of hydrogen-bond donors (Lipinski definition) is 1. The number of aromatic nitrogens is 5. The first-order valence-electron chi connectivity index (χ1n) is 4.16. The lowest BCUT2D eigenvalue weighted by Crippen LogP contribution is -1.75. The fraction of sp³-hybridized carbons (Fsp3) is 0. The summed E-state index contributed by atoms with van der Waals surface area (Å²) in [5.41, 5.74) is 1.80. The van der Waals surface area contributed by atoms with Crippen molar-refractivity contribution < 1.29 is 4.52 Å². The molecule has 0 amide bonds. The second-order valence-electron chi connectivity index (χ2n) is 2.82. The largest absolute Gasteiger partial charge is 0.352 e. The van der Waals surface area contributed by atoms with E-state index in [0.717, 1.165) is 11.3 Å². The first kappa shape index (κ1) is 8.30. The molecule has 15 heavy (non-hydrogen) atoms. The molecule has 0 aliphatic heterocycles. The van der Waals surface area contributed by atoms with Gasteiger partial charge >= 0.3 is 0 Å². The Morgan fingerprint density at radius 2 is 2.40 bits per heavy atom. The zero-order valence-electron chi connectivity index (χ0n) is 7.41. The molecule has 0 aromatic carbocycles. The van der Waals surface area contributed by atoms with Crippen molar-refractivity contribution in [1.29, 1.82) is 0 Å². The molecule has 0 fully saturated rings. The van der Waals surface area contributed by atoms with E-state index in [4.69, 9.17) is 4.52 Å². The minimum absolute atomic E-state index is 0.406. The Kier molecular flexibility index (Phi) is 1.82. The number of tetrazole rings is 1. The van der Waals surface area contributed by atoms with Gasteiger partial charge in [0.15, 0.2) is 0 Å². The smallest absolute Gasteiger partial charge is 0.242 e. The predicted octanol–water partition coefficient (Wildman–Crippen LogP) is 1.58. The minimum atomic E-state index is 0.406. The van der Waals surface area contributed by atoms with Crippen LogP contribution in [0.25, 0.3) is 22.8 Å². The van der Waals surface area contributed by atoms with E-state index in [1.165, 1.54) is 0 Å². The van der Waals surface area contributed by atoms with Crippen molar-refractivity contribution in [2.45, 2.75) is 0 Å². The van der Waals surface area contributed by atoms with Gasteiger partial charge in [-0.1, -0.05) is 5.16 Å². The molecule has 6 nitrogen and oxygen atoms in total. The molecule has 0 spiro atoms. The van der Waals surface area contributed by atoms with Gasteiger partial charge in [0.2, 0.25) is 11.6 Å². The number of rotatable bonds is 2. The lowest BCUT2D eigenvalue weighted by atomic mass is 10.2. The molecule has 7 heteroatoms. The number of nitrogens with one attached hydrogen (secondary N) is 1. The maximum atomic E-state index is 5.10. The van der Waals surface area contributed by atoms with Gasteiger partial charge in [-0.2, -0.15) is 16.6 Å². The normalized spacial score (nSPS) is 10.7. The fourth-order valence-electron chi connectivity index (χ4n) is 1.19. The SMILES string of the molecule is c1cc(-c2cc(-c3nn[nH]n3)on2)cs1. The van der Waals surface area contributed by atoms with E-state index in [1.807, 2.05) is 16.8 Å². The standard InChI is InChI=1S/C8H5N5OS/c1-2-15-4-5(1)6-3-7(14-11-6)8-9-12-13-10-8/h1-4H,(H,9,10,12,13). The molecule has 74 valence electrons. The van der Waals surface area contributed by atoms with Crippen molar-refractivity contribution in [1.82, 2.24) is 25.8 Å². The second kappa shape index (κ2) is 3.28. The van der Waals surface area contributed by atoms with Crippen LogP contribution in [0.1, 0.15) is 0 Å². The Morgan fingerprint density at radius 3 is 3.13 bits per heavy atom. The van der Waals surface area contributed by atoms with Gasteiger partial charge in [0.1, 0.15) is 5.69 Å². The number of nitrogens with zero attached hydrogens (tertiary/aromatic N) is 4. The van der Waals surface area contributed by atoms with Crippen LogP contribution in [0.5, 0.6) is 0 Å². The van der Waals surface area contributed by atoms with Gasteiger partial charge in [-0.25, -0.2) is 0 Å². The number of aromatic amines is 1. The summed E-state index contributed by atoms with van der Waals surface area (Å²) in [5, 5.41) is 21.3. The Morgan fingerprint density at radius 1 is 1.40 bits per heavy atom. The number of hydrogen-bond acceptors (Lipinski definition) is 6. The average molecular weight is 219 g/mol. The summed E-state index contributed by atoms with van der Waals surface area (Å²) in [4.78, 5) is 0. The van der Waals surface area contributed by atoms with Crippen molar-refractivity contribution in [3.05, 3.63) is 22.9 Å². The summed E-state index contributed by atoms with van der Waals surface area (Å²) in [7, 11) is 0. The molecule has 0 radical (unpaired) electrons. The third kappa shape index (κ3) is 1.42. The number of H-pyrrole nitrogens is 1. The van der Waals surface area contributed by atoms with Crippen molar-refractivity contribution in [3.8, 4) is 22.8 Å². The van der Waals surface area contributed by atoms with E-state index in [1.54, 1.807) is 17.4 Å². The molecule has 0 aliphatic carbocycles. The average Bonchev–Trinajstić information content (AvgIpc) is 3.02. The lowest BCUT2D eigenvalue weighted by Gasteiger charge is -1.82. The Balaban J connectivity index is 2.02. The first-order chi connectivity index (χ1) is 7.43. The summed E-state index contributed by atoms with van der Waals surface area (Å²) >= 11 is 1.61. The Hall–Kier alpha value is -2.02. The maximum absolute atomic E-state index is 5.10. The Bertz CT molecular complexity index is 493. The van der Waals surface area contributed by atoms with E-state index >= 15 is 0 Å². The minimum Gasteiger partial charge on any atom is -0.352 e. The molecule has 0 aliphatic rings. The summed E-state index contributed by atoms with van der Waals surface area (Å²) < 4.78 is 5.10. The first-order valence-corrected chi connectivity index (χ1v) is 5.11. The molecule has 3 rings (SSSR count). The molecule has 3 aromatic heterocycles. The summed E-state index contributed by atoms with van der Waals surface area (Å²) in [6.07, 6.45) is 0. The maximum Gasteiger partial charge on any atom is 0.242 e. The molecule has 0 atom stereocenters. The highest BCUT2D eigenvalue weighted by Crippen LogP contribution is 2.24. The third-order valence-electron chi connectivity index (χ3n) is 1.89. The van der Waals surface area contributed by atoms with E-state index < -0.39 is 0 Å². The van der Waals surface area contributed by atoms with Gasteiger partial charge in [-0.05, 0) is 16.7 Å². The van der Waals surface area contributed by atoms with Gasteiger partial charge in [0, 0.05) is 17.0 Å². The van der Waals surface area contributed by atoms with E-state index in [2.05, 4.69) is 25.8 Å². The monoisotopic (exact) mass is 219 g/mol. The predicted molar refractivity (Wildman–Crippen MR) is 53.0 cm³/mol. The third-order valence-corrected chi connectivity index (χ3v) is 2.58. The second-order valence-corrected chi connectivity index (χ2v) is 3.60. The van der Waals surface area contributed by atoms with Crippen LogP contribution >= 0.6 is 11.3 Å². The summed E-state index contributed by atoms with van der Waals surface area (Å²) in [5.74, 6) is 0.911. The highest BCUT2D eigenvalue weighted by atomic mass is 32.1. The van der Waals surface area contributed by atoms with Crippen LogP contribution in [0, 0.1) is 0 Å². The topological polar surface area (TPSA) is 80.5 Å². The molecule has 0 saturated carbocycles. The molecule has 3 aromatic rings. The molecular weight excluding hydrogens is 214 g/mol. The van der Waals surface area contributed by atoms with Gasteiger partial charge in [-0.15, -0.1) is 10.2 Å². The van der Waals surface area contributed by atoms with Crippen LogP contribution in [-0.2, 0) is 0 Å². The highest BCUT2D eigenvalue weighted by Gasteiger charge is 2.11. The van der Waals surface area contributed by atoms with Crippen LogP contribution in [0.4, 0.5) is 0 Å². The van der Waals surface area contributed by atoms with Gasteiger partial charge in [0.25, 0.3) is 0 Å². The molecule has 0 saturated heterocycles. The summed E-state index contributed by atoms with van der Waals surface area (Å²) in [6.45, 7) is 0. The van der Waals surface area contributed by atoms with Crippen LogP contribution < -0.4 is 0 Å². The lowest BCUT2D eigenvalue weighted by molar-refractivity contribution is 0.432. The highest BCUT2D eigenvalue weighted by molar-refractivity contribution is 7.08. The van der Waals surface area contributed by atoms with Crippen LogP contribution in [0.3, 0.4) is 0 Å². The van der Waals surface area contributed by atoms with Gasteiger partial charge < -0.3 is 4.52 Å². The van der Waals surface area contributed by atoms with E-state index in [-0.39, 0.29) is 0 Å². The molecule has 0 unspecified atom stereocenters. The fourth-order valence-corrected chi connectivity index (χ4v) is 1.84. The van der Waals surface area contributed by atoms with E-state index in [0.29, 0.717) is 11.6 Å². The molecule has 3 heterocycles. The zero-order valence-corrected chi connectivity index (χ0v) is 8.23. The summed E-state index contributed by atoms with van der Waals surface area (Å²) in [6, 6.07) is 3.76. The molecule has 0 bridgehead atoms. The van der Waals surface area contributed by atoms with Crippen molar-refractivity contribution in [2.75, 3.05) is 0 Å². The van der Waals surface area contributed by atoms with Crippen LogP contribution in [0.15, 0.2) is 27.4 Å². The van der Waals surface area contributed by atoms with Crippen molar-refractivity contribution in [3.63, 3.8) is 0 Å². The molecular formula is C8H5N5OS. The zero-order chi connectivity index (χ0) is 10.1. The van der Waals surface area contributed by atoms with Crippen LogP contribution in [0.2, 0.25) is 0 Å². The van der Waals surface area contributed by atoms with Gasteiger partial charge in [0.05, 0.1) is 0 Å². The van der Waals surface area contributed by atoms with E-state index in [9.17, 15) is 0 Å². The van der Waals surface area contributed by atoms with Crippen molar-refractivity contribution >= 4 is 11.3 Å². The quantitative estimate of drug-likeness (QED) is 0.707. The molecule has 1 N–H and O–H groups in total. The van der Waals surface area contributed by atoms with Gasteiger partial charge in [-0.3, -0.25) is 0 Å².